The predicted octanol–water partition coefficient (Wildman–Crippen LogP) is 2.28. The maximum atomic E-state index is 5.22. The van der Waals surface area contributed by atoms with Gasteiger partial charge < -0.3 is 15.4 Å². The van der Waals surface area contributed by atoms with Crippen LogP contribution in [0.25, 0.3) is 0 Å². The van der Waals surface area contributed by atoms with Gasteiger partial charge in [0.15, 0.2) is 5.17 Å². The molecule has 2 N–H and O–H groups in total. The van der Waals surface area contributed by atoms with Gasteiger partial charge in [0.05, 0.1) is 13.7 Å². The third kappa shape index (κ3) is 6.12. The zero-order valence-electron chi connectivity index (χ0n) is 12.4. The number of benzene rings is 1. The van der Waals surface area contributed by atoms with Crippen LogP contribution in [0.5, 0.6) is 5.75 Å². The van der Waals surface area contributed by atoms with E-state index in [1.807, 2.05) is 31.5 Å². The molecule has 0 amide bonds. The van der Waals surface area contributed by atoms with Gasteiger partial charge >= 0.3 is 0 Å². The Balaban J connectivity index is 2.54. The summed E-state index contributed by atoms with van der Waals surface area (Å²) in [6.45, 7) is 5.68. The maximum absolute atomic E-state index is 5.22. The lowest BCUT2D eigenvalue weighted by Crippen LogP contribution is -2.22. The summed E-state index contributed by atoms with van der Waals surface area (Å²) in [7, 11) is 3.59. The summed E-state index contributed by atoms with van der Waals surface area (Å²) in [5, 5.41) is 7.23. The Kier molecular flexibility index (Phi) is 7.84. The van der Waals surface area contributed by atoms with Crippen molar-refractivity contribution in [1.82, 2.24) is 10.6 Å². The van der Waals surface area contributed by atoms with Crippen LogP contribution < -0.4 is 15.4 Å². The first-order valence-electron chi connectivity index (χ1n) is 6.50. The number of rotatable bonds is 7. The molecule has 0 saturated carbocycles. The molecule has 0 aromatic heterocycles. The normalized spacial score (nSPS) is 11.2. The van der Waals surface area contributed by atoms with E-state index in [4.69, 9.17) is 4.74 Å². The molecular weight excluding hydrogens is 270 g/mol. The Hall–Kier alpha value is -1.46. The second kappa shape index (κ2) is 9.44. The fourth-order valence-corrected chi connectivity index (χ4v) is 2.12. The number of allylic oxidation sites excluding steroid dienone is 1. The summed E-state index contributed by atoms with van der Waals surface area (Å²) in [5.74, 6) is 0.864. The fraction of sp³-hybridized carbons (Fsp3) is 0.400. The van der Waals surface area contributed by atoms with Crippen LogP contribution in [0.3, 0.4) is 0 Å². The Morgan fingerprint density at radius 3 is 2.90 bits per heavy atom. The van der Waals surface area contributed by atoms with E-state index in [9.17, 15) is 0 Å². The van der Waals surface area contributed by atoms with Gasteiger partial charge in [0.1, 0.15) is 5.75 Å². The number of nitrogens with one attached hydrogen (secondary N) is 2. The van der Waals surface area contributed by atoms with Crippen molar-refractivity contribution in [3.05, 3.63) is 42.1 Å². The number of hydrogen-bond donors (Lipinski definition) is 2. The standard InChI is InChI=1S/C15H23N3OS/c1-12(18-15(20-4)17-9-8-16-2)10-13-6-5-7-14(11-13)19-3/h5-7,11,16H,1,8-10H2,2-4H3,(H,17,18). The molecule has 0 heterocycles. The number of aliphatic imine (C=N–C) groups is 1. The van der Waals surface area contributed by atoms with Crippen molar-refractivity contribution in [1.29, 1.82) is 0 Å². The Labute approximate surface area is 125 Å². The van der Waals surface area contributed by atoms with Gasteiger partial charge in [-0.2, -0.15) is 0 Å². The van der Waals surface area contributed by atoms with Gasteiger partial charge in [0.2, 0.25) is 0 Å². The average molecular weight is 293 g/mol. The molecule has 5 heteroatoms. The minimum atomic E-state index is 0.753. The SMILES string of the molecule is C=C(Cc1cccc(OC)c1)NC(=NCCNC)SC. The largest absolute Gasteiger partial charge is 0.497 e. The van der Waals surface area contributed by atoms with Crippen molar-refractivity contribution in [2.75, 3.05) is 33.5 Å². The number of ether oxygens (including phenoxy) is 1. The van der Waals surface area contributed by atoms with Gasteiger partial charge in [-0.05, 0) is 31.0 Å². The van der Waals surface area contributed by atoms with Gasteiger partial charge in [-0.25, -0.2) is 0 Å². The lowest BCUT2D eigenvalue weighted by Gasteiger charge is -2.11. The zero-order chi connectivity index (χ0) is 14.8. The second-order valence-electron chi connectivity index (χ2n) is 4.25. The second-order valence-corrected chi connectivity index (χ2v) is 5.05. The summed E-state index contributed by atoms with van der Waals surface area (Å²) in [6.07, 6.45) is 2.76. The van der Waals surface area contributed by atoms with Crippen molar-refractivity contribution < 1.29 is 4.74 Å². The number of hydrogen-bond acceptors (Lipinski definition) is 4. The molecule has 0 fully saturated rings. The third-order valence-electron chi connectivity index (χ3n) is 2.65. The first-order valence-corrected chi connectivity index (χ1v) is 7.72. The number of nitrogens with zero attached hydrogens (tertiary/aromatic N) is 1. The highest BCUT2D eigenvalue weighted by Crippen LogP contribution is 2.14. The van der Waals surface area contributed by atoms with Crippen LogP contribution in [0.2, 0.25) is 0 Å². The predicted molar refractivity (Wildman–Crippen MR) is 88.7 cm³/mol. The van der Waals surface area contributed by atoms with Crippen LogP contribution in [0, 0.1) is 0 Å². The molecule has 0 saturated heterocycles. The van der Waals surface area contributed by atoms with Crippen molar-refractivity contribution in [3.63, 3.8) is 0 Å². The number of likely N-dealkylation sites (N-methyl/N-ethyl adjacent to an activating group) is 1. The first kappa shape index (κ1) is 16.6. The molecule has 0 radical (unpaired) electrons. The average Bonchev–Trinajstić information content (AvgIpc) is 2.46. The smallest absolute Gasteiger partial charge is 0.160 e. The summed E-state index contributed by atoms with van der Waals surface area (Å²) >= 11 is 1.59. The van der Waals surface area contributed by atoms with E-state index in [2.05, 4.69) is 28.3 Å². The summed E-state index contributed by atoms with van der Waals surface area (Å²) in [4.78, 5) is 4.47. The van der Waals surface area contributed by atoms with Crippen molar-refractivity contribution in [3.8, 4) is 5.75 Å². The van der Waals surface area contributed by atoms with Crippen LogP contribution >= 0.6 is 11.8 Å². The van der Waals surface area contributed by atoms with E-state index < -0.39 is 0 Å². The molecule has 110 valence electrons. The molecule has 1 aromatic rings. The molecule has 0 unspecified atom stereocenters. The van der Waals surface area contributed by atoms with E-state index in [0.29, 0.717) is 0 Å². The lowest BCUT2D eigenvalue weighted by atomic mass is 10.1. The molecule has 0 atom stereocenters. The highest BCUT2D eigenvalue weighted by Gasteiger charge is 2.02. The minimum absolute atomic E-state index is 0.753. The maximum Gasteiger partial charge on any atom is 0.160 e. The van der Waals surface area contributed by atoms with Crippen LogP contribution in [0.4, 0.5) is 0 Å². The van der Waals surface area contributed by atoms with Crippen molar-refractivity contribution in [2.45, 2.75) is 6.42 Å². The van der Waals surface area contributed by atoms with Crippen LogP contribution in [-0.4, -0.2) is 38.7 Å². The Morgan fingerprint density at radius 1 is 1.45 bits per heavy atom. The molecule has 20 heavy (non-hydrogen) atoms. The monoisotopic (exact) mass is 293 g/mol. The molecule has 0 aliphatic rings. The van der Waals surface area contributed by atoms with Crippen molar-refractivity contribution in [2.24, 2.45) is 4.99 Å². The highest BCUT2D eigenvalue weighted by molar-refractivity contribution is 8.13. The van der Waals surface area contributed by atoms with Gasteiger partial charge in [0, 0.05) is 18.7 Å². The van der Waals surface area contributed by atoms with Gasteiger partial charge in [0.25, 0.3) is 0 Å². The molecule has 0 bridgehead atoms. The summed E-state index contributed by atoms with van der Waals surface area (Å²) in [5.41, 5.74) is 2.09. The van der Waals surface area contributed by atoms with Gasteiger partial charge in [-0.1, -0.05) is 30.5 Å². The van der Waals surface area contributed by atoms with Gasteiger partial charge in [-0.3, -0.25) is 4.99 Å². The minimum Gasteiger partial charge on any atom is -0.497 e. The first-order chi connectivity index (χ1) is 9.69. The van der Waals surface area contributed by atoms with Crippen LogP contribution in [0.15, 0.2) is 41.5 Å². The van der Waals surface area contributed by atoms with Crippen LogP contribution in [-0.2, 0) is 6.42 Å². The number of amidine groups is 1. The van der Waals surface area contributed by atoms with Gasteiger partial charge in [-0.15, -0.1) is 0 Å². The van der Waals surface area contributed by atoms with E-state index in [0.717, 1.165) is 41.7 Å². The van der Waals surface area contributed by atoms with E-state index >= 15 is 0 Å². The highest BCUT2D eigenvalue weighted by atomic mass is 32.2. The Bertz CT molecular complexity index is 460. The summed E-state index contributed by atoms with van der Waals surface area (Å²) < 4.78 is 5.22. The topological polar surface area (TPSA) is 45.6 Å². The third-order valence-corrected chi connectivity index (χ3v) is 3.26. The molecule has 1 aromatic carbocycles. The number of methoxy groups -OCH3 is 1. The van der Waals surface area contributed by atoms with E-state index in [1.54, 1.807) is 18.9 Å². The zero-order valence-corrected chi connectivity index (χ0v) is 13.2. The fourth-order valence-electron chi connectivity index (χ4n) is 1.65. The molecule has 0 aliphatic heterocycles. The molecule has 4 nitrogen and oxygen atoms in total. The van der Waals surface area contributed by atoms with Crippen LogP contribution in [0.1, 0.15) is 5.56 Å². The summed E-state index contributed by atoms with van der Waals surface area (Å²) in [6, 6.07) is 8.00. The lowest BCUT2D eigenvalue weighted by molar-refractivity contribution is 0.414. The van der Waals surface area contributed by atoms with Crippen molar-refractivity contribution >= 4 is 16.9 Å². The molecule has 0 spiro atoms. The number of thioether (sulfide) groups is 1. The molecule has 1 rings (SSSR count). The van der Waals surface area contributed by atoms with E-state index in [-0.39, 0.29) is 0 Å². The van der Waals surface area contributed by atoms with E-state index in [1.165, 1.54) is 0 Å². The quantitative estimate of drug-likeness (QED) is 0.460. The molecule has 0 aliphatic carbocycles. The Morgan fingerprint density at radius 2 is 2.25 bits per heavy atom. The molecular formula is C15H23N3OS.